The highest BCUT2D eigenvalue weighted by atomic mass is 14.8. The number of hydrogen-bond acceptors (Lipinski definition) is 1. The SMILES string of the molecule is CCC=C(CC)C(C)=NC(C)CC. The molecule has 0 N–H and O–H groups in total. The minimum atomic E-state index is 0.465. The van der Waals surface area contributed by atoms with Crippen LogP contribution in [0, 0.1) is 0 Å². The third-order valence-electron chi connectivity index (χ3n) is 2.30. The Balaban J connectivity index is 4.44. The van der Waals surface area contributed by atoms with E-state index < -0.39 is 0 Å². The molecular weight excluding hydrogens is 158 g/mol. The molecule has 0 heterocycles. The van der Waals surface area contributed by atoms with Crippen LogP contribution in [-0.4, -0.2) is 11.8 Å². The van der Waals surface area contributed by atoms with Crippen LogP contribution >= 0.6 is 0 Å². The highest BCUT2D eigenvalue weighted by Gasteiger charge is 2.00. The summed E-state index contributed by atoms with van der Waals surface area (Å²) in [6, 6.07) is 0.465. The van der Waals surface area contributed by atoms with E-state index in [0.717, 1.165) is 19.3 Å². The summed E-state index contributed by atoms with van der Waals surface area (Å²) in [4.78, 5) is 4.63. The van der Waals surface area contributed by atoms with Crippen molar-refractivity contribution >= 4 is 5.71 Å². The van der Waals surface area contributed by atoms with E-state index >= 15 is 0 Å². The maximum absolute atomic E-state index is 4.63. The van der Waals surface area contributed by atoms with Gasteiger partial charge in [-0.3, -0.25) is 4.99 Å². The number of rotatable bonds is 5. The molecule has 1 unspecified atom stereocenters. The Morgan fingerprint density at radius 3 is 2.31 bits per heavy atom. The Hall–Kier alpha value is -0.590. The fourth-order valence-corrected chi connectivity index (χ4v) is 1.30. The van der Waals surface area contributed by atoms with Gasteiger partial charge in [-0.1, -0.05) is 26.8 Å². The Morgan fingerprint density at radius 2 is 1.92 bits per heavy atom. The van der Waals surface area contributed by atoms with Crippen LogP contribution in [0.2, 0.25) is 0 Å². The molecule has 0 saturated heterocycles. The Bertz CT molecular complexity index is 189. The number of hydrogen-bond donors (Lipinski definition) is 0. The summed E-state index contributed by atoms with van der Waals surface area (Å²) < 4.78 is 0. The van der Waals surface area contributed by atoms with Gasteiger partial charge in [-0.2, -0.15) is 0 Å². The minimum absolute atomic E-state index is 0.465. The summed E-state index contributed by atoms with van der Waals surface area (Å²) in [5, 5.41) is 0. The molecule has 0 radical (unpaired) electrons. The van der Waals surface area contributed by atoms with Crippen molar-refractivity contribution in [3.63, 3.8) is 0 Å². The quantitative estimate of drug-likeness (QED) is 0.569. The van der Waals surface area contributed by atoms with E-state index in [1.54, 1.807) is 0 Å². The Morgan fingerprint density at radius 1 is 1.31 bits per heavy atom. The second-order valence-electron chi connectivity index (χ2n) is 3.46. The van der Waals surface area contributed by atoms with Crippen LogP contribution in [0.3, 0.4) is 0 Å². The van der Waals surface area contributed by atoms with E-state index in [1.165, 1.54) is 11.3 Å². The molecular formula is C12H23N. The molecule has 0 fully saturated rings. The standard InChI is InChI=1S/C12H23N/c1-6-9-12(8-3)11(5)13-10(4)7-2/h9-10H,6-8H2,1-5H3. The predicted octanol–water partition coefficient (Wildman–Crippen LogP) is 3.99. The van der Waals surface area contributed by atoms with Gasteiger partial charge in [0.2, 0.25) is 0 Å². The molecule has 76 valence electrons. The molecule has 0 spiro atoms. The summed E-state index contributed by atoms with van der Waals surface area (Å²) >= 11 is 0. The lowest BCUT2D eigenvalue weighted by Gasteiger charge is -2.07. The summed E-state index contributed by atoms with van der Waals surface area (Å²) in [5.41, 5.74) is 2.63. The molecule has 0 aromatic heterocycles. The van der Waals surface area contributed by atoms with Gasteiger partial charge in [-0.25, -0.2) is 0 Å². The fraction of sp³-hybridized carbons (Fsp3) is 0.750. The van der Waals surface area contributed by atoms with Crippen LogP contribution in [0.4, 0.5) is 0 Å². The topological polar surface area (TPSA) is 12.4 Å². The van der Waals surface area contributed by atoms with Gasteiger partial charge in [0.1, 0.15) is 0 Å². The maximum atomic E-state index is 4.63. The largest absolute Gasteiger partial charge is 0.287 e. The molecule has 0 aliphatic rings. The zero-order valence-electron chi connectivity index (χ0n) is 9.72. The van der Waals surface area contributed by atoms with E-state index in [2.05, 4.69) is 45.7 Å². The second-order valence-corrected chi connectivity index (χ2v) is 3.46. The first-order chi connectivity index (χ1) is 6.15. The molecule has 0 aromatic carbocycles. The first-order valence-electron chi connectivity index (χ1n) is 5.39. The summed E-state index contributed by atoms with van der Waals surface area (Å²) in [7, 11) is 0. The first kappa shape index (κ1) is 12.4. The molecule has 0 bridgehead atoms. The predicted molar refractivity (Wildman–Crippen MR) is 61.5 cm³/mol. The molecule has 0 saturated carbocycles. The van der Waals surface area contributed by atoms with Crippen LogP contribution < -0.4 is 0 Å². The minimum Gasteiger partial charge on any atom is -0.287 e. The van der Waals surface area contributed by atoms with Crippen molar-refractivity contribution in [3.8, 4) is 0 Å². The van der Waals surface area contributed by atoms with Crippen LogP contribution in [0.5, 0.6) is 0 Å². The molecule has 1 nitrogen and oxygen atoms in total. The highest BCUT2D eigenvalue weighted by Crippen LogP contribution is 2.07. The lowest BCUT2D eigenvalue weighted by Crippen LogP contribution is -2.03. The molecule has 0 aromatic rings. The van der Waals surface area contributed by atoms with E-state index in [9.17, 15) is 0 Å². The zero-order valence-corrected chi connectivity index (χ0v) is 9.72. The van der Waals surface area contributed by atoms with Crippen molar-refractivity contribution in [1.82, 2.24) is 0 Å². The van der Waals surface area contributed by atoms with E-state index in [-0.39, 0.29) is 0 Å². The van der Waals surface area contributed by atoms with Gasteiger partial charge in [0.15, 0.2) is 0 Å². The first-order valence-corrected chi connectivity index (χ1v) is 5.39. The van der Waals surface area contributed by atoms with E-state index in [1.807, 2.05) is 0 Å². The number of allylic oxidation sites excluding steroid dienone is 2. The van der Waals surface area contributed by atoms with Gasteiger partial charge in [-0.15, -0.1) is 0 Å². The third kappa shape index (κ3) is 4.87. The summed E-state index contributed by atoms with van der Waals surface area (Å²) in [6.45, 7) is 10.8. The lowest BCUT2D eigenvalue weighted by atomic mass is 10.1. The van der Waals surface area contributed by atoms with Crippen molar-refractivity contribution in [2.75, 3.05) is 0 Å². The van der Waals surface area contributed by atoms with Crippen molar-refractivity contribution in [3.05, 3.63) is 11.6 Å². The fourth-order valence-electron chi connectivity index (χ4n) is 1.30. The van der Waals surface area contributed by atoms with Gasteiger partial charge < -0.3 is 0 Å². The normalized spacial score (nSPS) is 16.1. The molecule has 13 heavy (non-hydrogen) atoms. The molecule has 1 atom stereocenters. The third-order valence-corrected chi connectivity index (χ3v) is 2.30. The van der Waals surface area contributed by atoms with Gasteiger partial charge in [0.05, 0.1) is 0 Å². The highest BCUT2D eigenvalue weighted by molar-refractivity contribution is 5.98. The smallest absolute Gasteiger partial charge is 0.0472 e. The van der Waals surface area contributed by atoms with E-state index in [0.29, 0.717) is 6.04 Å². The number of nitrogens with zero attached hydrogens (tertiary/aromatic N) is 1. The Kier molecular flexibility index (Phi) is 6.56. The monoisotopic (exact) mass is 181 g/mol. The van der Waals surface area contributed by atoms with Crippen molar-refractivity contribution < 1.29 is 0 Å². The zero-order chi connectivity index (χ0) is 10.3. The average Bonchev–Trinajstić information content (AvgIpc) is 2.13. The Labute approximate surface area is 83.0 Å². The summed E-state index contributed by atoms with van der Waals surface area (Å²) in [5.74, 6) is 0. The van der Waals surface area contributed by atoms with Crippen LogP contribution in [0.15, 0.2) is 16.6 Å². The van der Waals surface area contributed by atoms with Gasteiger partial charge in [-0.05, 0) is 38.7 Å². The van der Waals surface area contributed by atoms with E-state index in [4.69, 9.17) is 0 Å². The summed E-state index contributed by atoms with van der Waals surface area (Å²) in [6.07, 6.45) is 5.61. The van der Waals surface area contributed by atoms with Crippen LogP contribution in [0.25, 0.3) is 0 Å². The van der Waals surface area contributed by atoms with Gasteiger partial charge in [0, 0.05) is 11.8 Å². The van der Waals surface area contributed by atoms with Crippen LogP contribution in [0.1, 0.15) is 53.9 Å². The number of aliphatic imine (C=N–C) groups is 1. The molecule has 0 amide bonds. The molecule has 1 heteroatoms. The van der Waals surface area contributed by atoms with Gasteiger partial charge >= 0.3 is 0 Å². The van der Waals surface area contributed by atoms with Crippen molar-refractivity contribution in [2.24, 2.45) is 4.99 Å². The molecule has 0 aliphatic heterocycles. The van der Waals surface area contributed by atoms with Gasteiger partial charge in [0.25, 0.3) is 0 Å². The molecule has 0 aliphatic carbocycles. The van der Waals surface area contributed by atoms with Crippen LogP contribution in [-0.2, 0) is 0 Å². The molecule has 0 rings (SSSR count). The van der Waals surface area contributed by atoms with Crippen molar-refractivity contribution in [2.45, 2.75) is 59.9 Å². The maximum Gasteiger partial charge on any atom is 0.0472 e. The second kappa shape index (κ2) is 6.88. The average molecular weight is 181 g/mol. The van der Waals surface area contributed by atoms with Crippen molar-refractivity contribution in [1.29, 1.82) is 0 Å². The lowest BCUT2D eigenvalue weighted by molar-refractivity contribution is 0.716.